The van der Waals surface area contributed by atoms with Crippen molar-refractivity contribution in [1.29, 1.82) is 0 Å². The van der Waals surface area contributed by atoms with Crippen molar-refractivity contribution < 1.29 is 9.90 Å². The quantitative estimate of drug-likeness (QED) is 0.649. The summed E-state index contributed by atoms with van der Waals surface area (Å²) in [6.45, 7) is 4.89. The number of nitrogens with zero attached hydrogens (tertiary/aromatic N) is 1. The zero-order valence-corrected chi connectivity index (χ0v) is 7.70. The Balaban J connectivity index is 2.46. The first-order valence-electron chi connectivity index (χ1n) is 4.59. The lowest BCUT2D eigenvalue weighted by molar-refractivity contribution is 0.0955. The highest BCUT2D eigenvalue weighted by Crippen LogP contribution is 2.14. The topological polar surface area (TPSA) is 52.6 Å². The molecule has 0 saturated carbocycles. The highest BCUT2D eigenvalue weighted by molar-refractivity contribution is 5.65. The number of carbonyl (C=O) groups is 1. The van der Waals surface area contributed by atoms with Crippen molar-refractivity contribution in [3.05, 3.63) is 12.7 Å². The average molecular weight is 184 g/mol. The fourth-order valence-corrected chi connectivity index (χ4v) is 1.59. The molecule has 1 aliphatic heterocycles. The Kier molecular flexibility index (Phi) is 3.76. The Morgan fingerprint density at radius 1 is 1.69 bits per heavy atom. The largest absolute Gasteiger partial charge is 0.465 e. The molecule has 1 amide bonds. The standard InChI is InChI=1S/C9H16N2O2/c1-2-6-10-8-5-3-4-7-11(8)9(12)13/h2,8,10H,1,3-7H2,(H,12,13). The number of rotatable bonds is 3. The van der Waals surface area contributed by atoms with Crippen LogP contribution in [0, 0.1) is 0 Å². The van der Waals surface area contributed by atoms with E-state index in [1.807, 2.05) is 0 Å². The summed E-state index contributed by atoms with van der Waals surface area (Å²) in [5, 5.41) is 12.0. The Morgan fingerprint density at radius 2 is 2.46 bits per heavy atom. The fourth-order valence-electron chi connectivity index (χ4n) is 1.59. The number of hydrogen-bond donors (Lipinski definition) is 2. The van der Waals surface area contributed by atoms with Crippen molar-refractivity contribution in [3.63, 3.8) is 0 Å². The van der Waals surface area contributed by atoms with Gasteiger partial charge in [-0.2, -0.15) is 0 Å². The number of likely N-dealkylation sites (tertiary alicyclic amines) is 1. The summed E-state index contributed by atoms with van der Waals surface area (Å²) < 4.78 is 0. The van der Waals surface area contributed by atoms with Crippen molar-refractivity contribution in [2.75, 3.05) is 13.1 Å². The van der Waals surface area contributed by atoms with Crippen molar-refractivity contribution >= 4 is 6.09 Å². The molecule has 1 heterocycles. The molecule has 1 fully saturated rings. The minimum Gasteiger partial charge on any atom is -0.465 e. The molecule has 0 aromatic heterocycles. The molecule has 4 nitrogen and oxygen atoms in total. The van der Waals surface area contributed by atoms with Crippen LogP contribution in [0.1, 0.15) is 19.3 Å². The number of nitrogens with one attached hydrogen (secondary N) is 1. The summed E-state index contributed by atoms with van der Waals surface area (Å²) in [4.78, 5) is 12.3. The highest BCUT2D eigenvalue weighted by Gasteiger charge is 2.24. The molecule has 1 atom stereocenters. The van der Waals surface area contributed by atoms with Gasteiger partial charge in [-0.3, -0.25) is 10.2 Å². The van der Waals surface area contributed by atoms with E-state index < -0.39 is 6.09 Å². The van der Waals surface area contributed by atoms with Gasteiger partial charge in [-0.15, -0.1) is 6.58 Å². The minimum atomic E-state index is -0.832. The maximum atomic E-state index is 10.8. The Bertz CT molecular complexity index is 194. The van der Waals surface area contributed by atoms with Gasteiger partial charge in [-0.1, -0.05) is 6.08 Å². The Hall–Kier alpha value is -1.03. The molecule has 0 spiro atoms. The average Bonchev–Trinajstić information content (AvgIpc) is 2.15. The zero-order chi connectivity index (χ0) is 9.68. The van der Waals surface area contributed by atoms with E-state index in [4.69, 9.17) is 5.11 Å². The van der Waals surface area contributed by atoms with E-state index >= 15 is 0 Å². The summed E-state index contributed by atoms with van der Waals surface area (Å²) in [6.07, 6.45) is 3.86. The highest BCUT2D eigenvalue weighted by atomic mass is 16.4. The molecule has 0 aliphatic carbocycles. The maximum absolute atomic E-state index is 10.8. The number of hydrogen-bond acceptors (Lipinski definition) is 2. The van der Waals surface area contributed by atoms with Gasteiger partial charge in [-0.25, -0.2) is 4.79 Å². The van der Waals surface area contributed by atoms with Crippen LogP contribution in [0.5, 0.6) is 0 Å². The molecule has 0 radical (unpaired) electrons. The van der Waals surface area contributed by atoms with Gasteiger partial charge in [0.2, 0.25) is 0 Å². The van der Waals surface area contributed by atoms with Crippen molar-refractivity contribution in [3.8, 4) is 0 Å². The lowest BCUT2D eigenvalue weighted by Gasteiger charge is -2.33. The molecular weight excluding hydrogens is 168 g/mol. The van der Waals surface area contributed by atoms with E-state index in [1.54, 1.807) is 6.08 Å². The number of piperidine rings is 1. The van der Waals surface area contributed by atoms with E-state index in [-0.39, 0.29) is 6.17 Å². The Labute approximate surface area is 78.2 Å². The van der Waals surface area contributed by atoms with Gasteiger partial charge >= 0.3 is 6.09 Å². The molecule has 0 aromatic carbocycles. The van der Waals surface area contributed by atoms with Crippen LogP contribution in [0.4, 0.5) is 4.79 Å². The van der Waals surface area contributed by atoms with Gasteiger partial charge in [0, 0.05) is 13.1 Å². The lowest BCUT2D eigenvalue weighted by Crippen LogP contribution is -2.50. The van der Waals surface area contributed by atoms with E-state index in [0.717, 1.165) is 19.3 Å². The van der Waals surface area contributed by atoms with Crippen LogP contribution in [0.2, 0.25) is 0 Å². The molecular formula is C9H16N2O2. The lowest BCUT2D eigenvalue weighted by atomic mass is 10.1. The summed E-state index contributed by atoms with van der Waals surface area (Å²) in [5.74, 6) is 0. The summed E-state index contributed by atoms with van der Waals surface area (Å²) in [7, 11) is 0. The monoisotopic (exact) mass is 184 g/mol. The fraction of sp³-hybridized carbons (Fsp3) is 0.667. The first kappa shape index (κ1) is 10.1. The first-order valence-corrected chi connectivity index (χ1v) is 4.59. The molecule has 1 saturated heterocycles. The Morgan fingerprint density at radius 3 is 3.08 bits per heavy atom. The van der Waals surface area contributed by atoms with E-state index in [9.17, 15) is 4.79 Å². The third kappa shape index (κ3) is 2.73. The number of carboxylic acid groups (broad SMARTS) is 1. The molecule has 1 unspecified atom stereocenters. The molecule has 74 valence electrons. The maximum Gasteiger partial charge on any atom is 0.408 e. The van der Waals surface area contributed by atoms with Gasteiger partial charge in [0.1, 0.15) is 0 Å². The van der Waals surface area contributed by atoms with E-state index in [1.165, 1.54) is 4.90 Å². The smallest absolute Gasteiger partial charge is 0.408 e. The van der Waals surface area contributed by atoms with Crippen LogP contribution in [-0.2, 0) is 0 Å². The van der Waals surface area contributed by atoms with Crippen LogP contribution >= 0.6 is 0 Å². The van der Waals surface area contributed by atoms with Crippen molar-refractivity contribution in [1.82, 2.24) is 10.2 Å². The zero-order valence-electron chi connectivity index (χ0n) is 7.70. The summed E-state index contributed by atoms with van der Waals surface area (Å²) in [6, 6.07) is 0. The van der Waals surface area contributed by atoms with Crippen molar-refractivity contribution in [2.45, 2.75) is 25.4 Å². The third-order valence-corrected chi connectivity index (χ3v) is 2.25. The molecule has 1 aliphatic rings. The predicted octanol–water partition coefficient (Wildman–Crippen LogP) is 1.25. The second-order valence-corrected chi connectivity index (χ2v) is 3.18. The van der Waals surface area contributed by atoms with Crippen LogP contribution in [0.15, 0.2) is 12.7 Å². The van der Waals surface area contributed by atoms with Gasteiger partial charge in [0.05, 0.1) is 6.17 Å². The second-order valence-electron chi connectivity index (χ2n) is 3.18. The van der Waals surface area contributed by atoms with E-state index in [2.05, 4.69) is 11.9 Å². The van der Waals surface area contributed by atoms with Crippen molar-refractivity contribution in [2.24, 2.45) is 0 Å². The molecule has 2 N–H and O–H groups in total. The predicted molar refractivity (Wildman–Crippen MR) is 50.6 cm³/mol. The first-order chi connectivity index (χ1) is 6.25. The van der Waals surface area contributed by atoms with Gasteiger partial charge < -0.3 is 5.11 Å². The number of amides is 1. The molecule has 0 bridgehead atoms. The van der Waals surface area contributed by atoms with Crippen LogP contribution in [-0.4, -0.2) is 35.4 Å². The second kappa shape index (κ2) is 4.87. The minimum absolute atomic E-state index is 0.0238. The van der Waals surface area contributed by atoms with Crippen LogP contribution in [0.3, 0.4) is 0 Å². The normalized spacial score (nSPS) is 22.8. The SMILES string of the molecule is C=CCNC1CCCCN1C(=O)O. The van der Waals surface area contributed by atoms with Gasteiger partial charge in [0.25, 0.3) is 0 Å². The van der Waals surface area contributed by atoms with Gasteiger partial charge in [0.15, 0.2) is 0 Å². The molecule has 0 aromatic rings. The van der Waals surface area contributed by atoms with Gasteiger partial charge in [-0.05, 0) is 19.3 Å². The molecule has 13 heavy (non-hydrogen) atoms. The summed E-state index contributed by atoms with van der Waals surface area (Å²) in [5.41, 5.74) is 0. The van der Waals surface area contributed by atoms with E-state index in [0.29, 0.717) is 13.1 Å². The molecule has 1 rings (SSSR count). The summed E-state index contributed by atoms with van der Waals surface area (Å²) >= 11 is 0. The van der Waals surface area contributed by atoms with Crippen LogP contribution < -0.4 is 5.32 Å². The third-order valence-electron chi connectivity index (χ3n) is 2.25. The van der Waals surface area contributed by atoms with Crippen LogP contribution in [0.25, 0.3) is 0 Å². The molecule has 4 heteroatoms.